The van der Waals surface area contributed by atoms with E-state index >= 15 is 0 Å². The van der Waals surface area contributed by atoms with Gasteiger partial charge < -0.3 is 15.2 Å². The second-order valence-corrected chi connectivity index (χ2v) is 10.1. The van der Waals surface area contributed by atoms with E-state index in [4.69, 9.17) is 11.6 Å². The Morgan fingerprint density at radius 1 is 1.23 bits per heavy atom. The van der Waals surface area contributed by atoms with Gasteiger partial charge in [-0.15, -0.1) is 10.2 Å². The van der Waals surface area contributed by atoms with Crippen LogP contribution in [-0.4, -0.2) is 37.3 Å². The average molecular weight is 582 g/mol. The standard InChI is InChI=1S/C22H22BrClN6O4S/c1-12(2)19(26-21(32)13-5-4-6-15(9-13)30(33)34)20-27-28-22(29(20)3)35-11-18(31)25-14-7-8-17(24)16(23)10-14/h4-10,12,19H,11H2,1-3H3,(H,25,31)(H,26,32)/t19-/m1/s1. The van der Waals surface area contributed by atoms with Gasteiger partial charge in [-0.25, -0.2) is 0 Å². The third-order valence-electron chi connectivity index (χ3n) is 4.95. The minimum Gasteiger partial charge on any atom is -0.342 e. The van der Waals surface area contributed by atoms with E-state index in [-0.39, 0.29) is 28.8 Å². The number of nitro groups is 1. The van der Waals surface area contributed by atoms with E-state index in [9.17, 15) is 19.7 Å². The Morgan fingerprint density at radius 2 is 1.97 bits per heavy atom. The highest BCUT2D eigenvalue weighted by Crippen LogP contribution is 2.27. The molecule has 3 rings (SSSR count). The molecule has 1 heterocycles. The van der Waals surface area contributed by atoms with Gasteiger partial charge in [0.1, 0.15) is 0 Å². The summed E-state index contributed by atoms with van der Waals surface area (Å²) < 4.78 is 2.39. The molecule has 1 aromatic heterocycles. The summed E-state index contributed by atoms with van der Waals surface area (Å²) in [5.41, 5.74) is 0.613. The Labute approximate surface area is 219 Å². The lowest BCUT2D eigenvalue weighted by Crippen LogP contribution is -2.33. The van der Waals surface area contributed by atoms with Crippen molar-refractivity contribution in [3.63, 3.8) is 0 Å². The van der Waals surface area contributed by atoms with E-state index in [1.165, 1.54) is 36.0 Å². The van der Waals surface area contributed by atoms with Gasteiger partial charge in [-0.05, 0) is 46.1 Å². The molecule has 2 amide bonds. The van der Waals surface area contributed by atoms with Gasteiger partial charge in [-0.1, -0.05) is 43.3 Å². The van der Waals surface area contributed by atoms with Crippen LogP contribution in [0, 0.1) is 16.0 Å². The molecule has 2 N–H and O–H groups in total. The van der Waals surface area contributed by atoms with Crippen LogP contribution in [0.25, 0.3) is 0 Å². The smallest absolute Gasteiger partial charge is 0.270 e. The lowest BCUT2D eigenvalue weighted by Gasteiger charge is -2.21. The molecular weight excluding hydrogens is 560 g/mol. The number of nitro benzene ring substituents is 1. The zero-order valence-corrected chi connectivity index (χ0v) is 22.1. The van der Waals surface area contributed by atoms with Crippen molar-refractivity contribution in [2.45, 2.75) is 25.0 Å². The largest absolute Gasteiger partial charge is 0.342 e. The summed E-state index contributed by atoms with van der Waals surface area (Å²) in [5, 5.41) is 26.2. The van der Waals surface area contributed by atoms with Gasteiger partial charge in [0.2, 0.25) is 5.91 Å². The molecule has 13 heteroatoms. The average Bonchev–Trinajstić information content (AvgIpc) is 3.18. The molecule has 0 unspecified atom stereocenters. The molecule has 0 radical (unpaired) electrons. The van der Waals surface area contributed by atoms with Crippen LogP contribution in [0.4, 0.5) is 11.4 Å². The third-order valence-corrected chi connectivity index (χ3v) is 7.19. The molecule has 0 fully saturated rings. The van der Waals surface area contributed by atoms with Gasteiger partial charge in [-0.3, -0.25) is 19.7 Å². The number of halogens is 2. The van der Waals surface area contributed by atoms with Crippen molar-refractivity contribution in [2.75, 3.05) is 11.1 Å². The Bertz CT molecular complexity index is 1270. The summed E-state index contributed by atoms with van der Waals surface area (Å²) in [6.45, 7) is 3.83. The van der Waals surface area contributed by atoms with Crippen molar-refractivity contribution in [2.24, 2.45) is 13.0 Å². The topological polar surface area (TPSA) is 132 Å². The molecule has 0 aliphatic rings. The Kier molecular flexibility index (Phi) is 8.87. The van der Waals surface area contributed by atoms with Crippen molar-refractivity contribution in [3.8, 4) is 0 Å². The van der Waals surface area contributed by atoms with Gasteiger partial charge >= 0.3 is 0 Å². The quantitative estimate of drug-likeness (QED) is 0.206. The van der Waals surface area contributed by atoms with Gasteiger partial charge in [0.15, 0.2) is 11.0 Å². The number of rotatable bonds is 9. The Balaban J connectivity index is 1.68. The van der Waals surface area contributed by atoms with E-state index in [0.717, 1.165) is 0 Å². The Hall–Kier alpha value is -2.96. The lowest BCUT2D eigenvalue weighted by atomic mass is 10.0. The second kappa shape index (κ2) is 11.6. The maximum atomic E-state index is 12.8. The first-order chi connectivity index (χ1) is 16.6. The number of hydrogen-bond acceptors (Lipinski definition) is 7. The number of nitrogens with zero attached hydrogens (tertiary/aromatic N) is 4. The van der Waals surface area contributed by atoms with Crippen LogP contribution in [0.2, 0.25) is 5.02 Å². The van der Waals surface area contributed by atoms with Crippen LogP contribution in [-0.2, 0) is 11.8 Å². The molecule has 0 aliphatic heterocycles. The molecule has 0 saturated carbocycles. The van der Waals surface area contributed by atoms with Crippen molar-refractivity contribution in [1.82, 2.24) is 20.1 Å². The number of thioether (sulfide) groups is 1. The van der Waals surface area contributed by atoms with Crippen LogP contribution in [0.1, 0.15) is 36.1 Å². The maximum absolute atomic E-state index is 12.8. The zero-order valence-electron chi connectivity index (χ0n) is 19.0. The van der Waals surface area contributed by atoms with Gasteiger partial charge in [0.25, 0.3) is 11.6 Å². The Morgan fingerprint density at radius 3 is 2.63 bits per heavy atom. The summed E-state index contributed by atoms with van der Waals surface area (Å²) in [4.78, 5) is 35.7. The van der Waals surface area contributed by atoms with Gasteiger partial charge in [0.05, 0.1) is 21.7 Å². The fraction of sp³-hybridized carbons (Fsp3) is 0.273. The molecule has 3 aromatic rings. The number of carbonyl (C=O) groups excluding carboxylic acids is 2. The minimum absolute atomic E-state index is 0.0509. The highest BCUT2D eigenvalue weighted by Gasteiger charge is 2.26. The number of non-ortho nitro benzene ring substituents is 1. The first kappa shape index (κ1) is 26.6. The van der Waals surface area contributed by atoms with E-state index in [1.807, 2.05) is 13.8 Å². The number of amides is 2. The predicted octanol–water partition coefficient (Wildman–Crippen LogP) is 5.00. The lowest BCUT2D eigenvalue weighted by molar-refractivity contribution is -0.384. The SMILES string of the molecule is CC(C)[C@@H](NC(=O)c1cccc([N+](=O)[O-])c1)c1nnc(SCC(=O)Nc2ccc(Cl)c(Br)c2)n1C. The first-order valence-corrected chi connectivity index (χ1v) is 12.5. The van der Waals surface area contributed by atoms with Gasteiger partial charge in [-0.2, -0.15) is 0 Å². The van der Waals surface area contributed by atoms with E-state index in [1.54, 1.807) is 29.8 Å². The molecule has 184 valence electrons. The predicted molar refractivity (Wildman–Crippen MR) is 138 cm³/mol. The van der Waals surface area contributed by atoms with Crippen LogP contribution >= 0.6 is 39.3 Å². The molecule has 0 saturated heterocycles. The molecule has 0 spiro atoms. The second-order valence-electron chi connectivity index (χ2n) is 7.87. The third kappa shape index (κ3) is 6.80. The van der Waals surface area contributed by atoms with Crippen LogP contribution < -0.4 is 10.6 Å². The molecular formula is C22H22BrClN6O4S. The maximum Gasteiger partial charge on any atom is 0.270 e. The van der Waals surface area contributed by atoms with Crippen molar-refractivity contribution in [3.05, 3.63) is 73.5 Å². The number of hydrogen-bond donors (Lipinski definition) is 2. The molecule has 10 nitrogen and oxygen atoms in total. The molecule has 0 aliphatic carbocycles. The van der Waals surface area contributed by atoms with Crippen LogP contribution in [0.5, 0.6) is 0 Å². The summed E-state index contributed by atoms with van der Waals surface area (Å²) in [5.74, 6) is -0.141. The molecule has 2 aromatic carbocycles. The number of benzene rings is 2. The van der Waals surface area contributed by atoms with Crippen molar-refractivity contribution < 1.29 is 14.5 Å². The zero-order chi connectivity index (χ0) is 25.7. The molecule has 35 heavy (non-hydrogen) atoms. The number of aromatic nitrogens is 3. The summed E-state index contributed by atoms with van der Waals surface area (Å²) in [6, 6.07) is 10.1. The molecule has 0 bridgehead atoms. The monoisotopic (exact) mass is 580 g/mol. The highest BCUT2D eigenvalue weighted by atomic mass is 79.9. The normalized spacial score (nSPS) is 11.8. The fourth-order valence-corrected chi connectivity index (χ4v) is 4.35. The van der Waals surface area contributed by atoms with Crippen LogP contribution in [0.3, 0.4) is 0 Å². The molecule has 1 atom stereocenters. The highest BCUT2D eigenvalue weighted by molar-refractivity contribution is 9.10. The minimum atomic E-state index is -0.551. The van der Waals surface area contributed by atoms with E-state index < -0.39 is 16.9 Å². The first-order valence-electron chi connectivity index (χ1n) is 10.4. The number of carbonyl (C=O) groups is 2. The van der Waals surface area contributed by atoms with Crippen molar-refractivity contribution in [1.29, 1.82) is 0 Å². The number of nitrogens with one attached hydrogen (secondary N) is 2. The van der Waals surface area contributed by atoms with E-state index in [0.29, 0.717) is 26.2 Å². The van der Waals surface area contributed by atoms with Gasteiger partial charge in [0, 0.05) is 34.9 Å². The van der Waals surface area contributed by atoms with Crippen LogP contribution in [0.15, 0.2) is 52.1 Å². The summed E-state index contributed by atoms with van der Waals surface area (Å²) in [7, 11) is 1.75. The fourth-order valence-electron chi connectivity index (χ4n) is 3.14. The summed E-state index contributed by atoms with van der Waals surface area (Å²) >= 11 is 10.5. The number of anilines is 1. The summed E-state index contributed by atoms with van der Waals surface area (Å²) in [6.07, 6.45) is 0. The van der Waals surface area contributed by atoms with E-state index in [2.05, 4.69) is 36.8 Å². The van der Waals surface area contributed by atoms with Crippen molar-refractivity contribution >= 4 is 62.5 Å².